The van der Waals surface area contributed by atoms with E-state index < -0.39 is 12.0 Å². The fraction of sp³-hybridized carbons (Fsp3) is 0.462. The molecule has 0 spiro atoms. The van der Waals surface area contributed by atoms with Gasteiger partial charge in [-0.05, 0) is 13.0 Å². The van der Waals surface area contributed by atoms with Crippen LogP contribution >= 0.6 is 23.2 Å². The van der Waals surface area contributed by atoms with Crippen molar-refractivity contribution in [3.63, 3.8) is 0 Å². The molecule has 1 N–H and O–H groups in total. The molecule has 2 rings (SSSR count). The number of piperazine rings is 1. The van der Waals surface area contributed by atoms with Gasteiger partial charge in [0.15, 0.2) is 0 Å². The van der Waals surface area contributed by atoms with Crippen LogP contribution < -0.4 is 0 Å². The van der Waals surface area contributed by atoms with Crippen LogP contribution in [-0.2, 0) is 4.79 Å². The van der Waals surface area contributed by atoms with E-state index in [1.807, 2.05) is 4.90 Å². The number of carboxylic acids is 1. The van der Waals surface area contributed by atoms with Crippen LogP contribution in [0, 0.1) is 0 Å². The summed E-state index contributed by atoms with van der Waals surface area (Å²) in [5.74, 6) is -1.04. The second-order valence-electron chi connectivity index (χ2n) is 4.84. The Morgan fingerprint density at radius 3 is 2.43 bits per heavy atom. The summed E-state index contributed by atoms with van der Waals surface area (Å²) < 4.78 is 0. The van der Waals surface area contributed by atoms with Gasteiger partial charge >= 0.3 is 5.97 Å². The molecule has 21 heavy (non-hydrogen) atoms. The molecule has 1 atom stereocenters. The quantitative estimate of drug-likeness (QED) is 0.852. The number of aliphatic carboxylic acids is 1. The molecule has 1 fully saturated rings. The summed E-state index contributed by atoms with van der Waals surface area (Å²) >= 11 is 11.6. The zero-order valence-corrected chi connectivity index (χ0v) is 12.9. The van der Waals surface area contributed by atoms with Gasteiger partial charge in [0.25, 0.3) is 5.91 Å². The van der Waals surface area contributed by atoms with Gasteiger partial charge in [0, 0.05) is 32.4 Å². The van der Waals surface area contributed by atoms with Crippen LogP contribution in [0.15, 0.2) is 12.3 Å². The van der Waals surface area contributed by atoms with Crippen LogP contribution in [0.25, 0.3) is 0 Å². The van der Waals surface area contributed by atoms with Crippen molar-refractivity contribution in [3.05, 3.63) is 28.0 Å². The molecule has 1 aromatic heterocycles. The zero-order chi connectivity index (χ0) is 15.6. The van der Waals surface area contributed by atoms with E-state index in [1.165, 1.54) is 12.3 Å². The molecule has 0 bridgehead atoms. The Morgan fingerprint density at radius 1 is 1.29 bits per heavy atom. The van der Waals surface area contributed by atoms with E-state index in [0.29, 0.717) is 31.7 Å². The molecule has 0 aromatic carbocycles. The highest BCUT2D eigenvalue weighted by atomic mass is 35.5. The third-order valence-corrected chi connectivity index (χ3v) is 4.24. The third kappa shape index (κ3) is 3.64. The minimum absolute atomic E-state index is 0.160. The van der Waals surface area contributed by atoms with Crippen molar-refractivity contribution in [1.29, 1.82) is 0 Å². The van der Waals surface area contributed by atoms with E-state index in [0.717, 1.165) is 0 Å². The average molecular weight is 332 g/mol. The van der Waals surface area contributed by atoms with E-state index in [9.17, 15) is 9.59 Å². The van der Waals surface area contributed by atoms with Gasteiger partial charge in [0.2, 0.25) is 0 Å². The molecular weight excluding hydrogens is 317 g/mol. The molecule has 6 nitrogen and oxygen atoms in total. The lowest BCUT2D eigenvalue weighted by Gasteiger charge is -2.36. The Hall–Kier alpha value is -1.37. The van der Waals surface area contributed by atoms with Crippen molar-refractivity contribution in [3.8, 4) is 0 Å². The molecule has 0 saturated carbocycles. The van der Waals surface area contributed by atoms with Crippen molar-refractivity contribution < 1.29 is 14.7 Å². The van der Waals surface area contributed by atoms with E-state index in [-0.39, 0.29) is 16.1 Å². The minimum Gasteiger partial charge on any atom is -0.480 e. The largest absolute Gasteiger partial charge is 0.480 e. The van der Waals surface area contributed by atoms with Crippen molar-refractivity contribution in [2.75, 3.05) is 26.2 Å². The SMILES string of the molecule is CC(C(=O)O)N1CCN(C(=O)c2cnc(Cl)c(Cl)c2)CC1. The lowest BCUT2D eigenvalue weighted by atomic mass is 10.2. The highest BCUT2D eigenvalue weighted by molar-refractivity contribution is 6.41. The van der Waals surface area contributed by atoms with E-state index in [4.69, 9.17) is 28.3 Å². The standard InChI is InChI=1S/C13H15Cl2N3O3/c1-8(13(20)21)17-2-4-18(5-3-17)12(19)9-6-10(14)11(15)16-7-9/h6-8H,2-5H2,1H3,(H,20,21). The molecular formula is C13H15Cl2N3O3. The van der Waals surface area contributed by atoms with Gasteiger partial charge in [0.1, 0.15) is 11.2 Å². The predicted molar refractivity (Wildman–Crippen MR) is 78.8 cm³/mol. The molecule has 1 aliphatic rings. The van der Waals surface area contributed by atoms with Crippen molar-refractivity contribution in [1.82, 2.24) is 14.8 Å². The summed E-state index contributed by atoms with van der Waals surface area (Å²) in [4.78, 5) is 30.6. The minimum atomic E-state index is -0.858. The number of rotatable bonds is 3. The van der Waals surface area contributed by atoms with Crippen LogP contribution in [0.2, 0.25) is 10.2 Å². The highest BCUT2D eigenvalue weighted by Gasteiger charge is 2.27. The number of halogens is 2. The van der Waals surface area contributed by atoms with Crippen LogP contribution in [0.5, 0.6) is 0 Å². The van der Waals surface area contributed by atoms with Gasteiger partial charge in [-0.1, -0.05) is 23.2 Å². The van der Waals surface area contributed by atoms with Crippen molar-refractivity contribution in [2.45, 2.75) is 13.0 Å². The van der Waals surface area contributed by atoms with Gasteiger partial charge in [-0.3, -0.25) is 14.5 Å². The normalized spacial score (nSPS) is 17.6. The Balaban J connectivity index is 2.00. The molecule has 1 aromatic rings. The maximum Gasteiger partial charge on any atom is 0.320 e. The summed E-state index contributed by atoms with van der Waals surface area (Å²) in [5, 5.41) is 9.38. The summed E-state index contributed by atoms with van der Waals surface area (Å²) in [6.07, 6.45) is 1.39. The Bertz CT molecular complexity index is 560. The lowest BCUT2D eigenvalue weighted by Crippen LogP contribution is -2.53. The first-order chi connectivity index (χ1) is 9.90. The topological polar surface area (TPSA) is 73.7 Å². The van der Waals surface area contributed by atoms with Gasteiger partial charge in [0.05, 0.1) is 10.6 Å². The molecule has 0 radical (unpaired) electrons. The number of nitrogens with zero attached hydrogens (tertiary/aromatic N) is 3. The van der Waals surface area contributed by atoms with Gasteiger partial charge in [-0.15, -0.1) is 0 Å². The molecule has 0 aliphatic carbocycles. The second kappa shape index (κ2) is 6.60. The molecule has 1 unspecified atom stereocenters. The van der Waals surface area contributed by atoms with Gasteiger partial charge < -0.3 is 10.0 Å². The number of carbonyl (C=O) groups is 2. The van der Waals surface area contributed by atoms with Gasteiger partial charge in [-0.2, -0.15) is 0 Å². The highest BCUT2D eigenvalue weighted by Crippen LogP contribution is 2.21. The van der Waals surface area contributed by atoms with Crippen LogP contribution in [0.3, 0.4) is 0 Å². The number of carbonyl (C=O) groups excluding carboxylic acids is 1. The van der Waals surface area contributed by atoms with Crippen LogP contribution in [-0.4, -0.2) is 64.0 Å². The van der Waals surface area contributed by atoms with E-state index >= 15 is 0 Å². The molecule has 114 valence electrons. The second-order valence-corrected chi connectivity index (χ2v) is 5.60. The third-order valence-electron chi connectivity index (χ3n) is 3.55. The maximum absolute atomic E-state index is 12.3. The molecule has 2 heterocycles. The Morgan fingerprint density at radius 2 is 1.90 bits per heavy atom. The predicted octanol–water partition coefficient (Wildman–Crippen LogP) is 1.62. The first-order valence-corrected chi connectivity index (χ1v) is 7.23. The number of pyridine rings is 1. The van der Waals surface area contributed by atoms with E-state index in [1.54, 1.807) is 11.8 Å². The zero-order valence-electron chi connectivity index (χ0n) is 11.4. The summed E-state index contributed by atoms with van der Waals surface area (Å²) in [7, 11) is 0. The fourth-order valence-corrected chi connectivity index (χ4v) is 2.46. The van der Waals surface area contributed by atoms with E-state index in [2.05, 4.69) is 4.98 Å². The fourth-order valence-electron chi connectivity index (χ4n) is 2.19. The number of amides is 1. The van der Waals surface area contributed by atoms with Gasteiger partial charge in [-0.25, -0.2) is 4.98 Å². The summed E-state index contributed by atoms with van der Waals surface area (Å²) in [6.45, 7) is 3.62. The van der Waals surface area contributed by atoms with Crippen molar-refractivity contribution >= 4 is 35.1 Å². The molecule has 1 aliphatic heterocycles. The number of hydrogen-bond acceptors (Lipinski definition) is 4. The first kappa shape index (κ1) is 16.0. The Labute approximate surface area is 132 Å². The Kier molecular flexibility index (Phi) is 5.03. The monoisotopic (exact) mass is 331 g/mol. The first-order valence-electron chi connectivity index (χ1n) is 6.47. The summed E-state index contributed by atoms with van der Waals surface area (Å²) in [5.41, 5.74) is 0.379. The number of hydrogen-bond donors (Lipinski definition) is 1. The number of aromatic nitrogens is 1. The van der Waals surface area contributed by atoms with Crippen LogP contribution in [0.4, 0.5) is 0 Å². The molecule has 1 saturated heterocycles. The summed E-state index contributed by atoms with van der Waals surface area (Å²) in [6, 6.07) is 0.944. The van der Waals surface area contributed by atoms with Crippen molar-refractivity contribution in [2.24, 2.45) is 0 Å². The maximum atomic E-state index is 12.3. The lowest BCUT2D eigenvalue weighted by molar-refractivity contribution is -0.143. The average Bonchev–Trinajstić information content (AvgIpc) is 2.48. The molecule has 1 amide bonds. The molecule has 8 heteroatoms. The van der Waals surface area contributed by atoms with Crippen LogP contribution in [0.1, 0.15) is 17.3 Å². The smallest absolute Gasteiger partial charge is 0.320 e. The number of carboxylic acid groups (broad SMARTS) is 1.